The highest BCUT2D eigenvalue weighted by Gasteiger charge is 2.52. The number of carbonyl (C=O) groups is 2. The molecule has 1 saturated heterocycles. The second-order valence-electron chi connectivity index (χ2n) is 9.69. The summed E-state index contributed by atoms with van der Waals surface area (Å²) < 4.78 is 58.6. The molecule has 2 atom stereocenters. The second kappa shape index (κ2) is 12.3. The zero-order valence-electron chi connectivity index (χ0n) is 23.0. The molecule has 3 heterocycles. The number of fused-ring (bicyclic) bond motifs is 1. The third kappa shape index (κ3) is 5.87. The fourth-order valence-corrected chi connectivity index (χ4v) is 6.56. The van der Waals surface area contributed by atoms with Gasteiger partial charge in [-0.15, -0.1) is 0 Å². The number of halogens is 2. The summed E-state index contributed by atoms with van der Waals surface area (Å²) in [4.78, 5) is 40.9. The Morgan fingerprint density at radius 1 is 1.24 bits per heavy atom. The van der Waals surface area contributed by atoms with Crippen molar-refractivity contribution in [3.05, 3.63) is 63.1 Å². The van der Waals surface area contributed by atoms with Crippen LogP contribution in [0.4, 0.5) is 8.78 Å². The number of carbonyl (C=O) groups excluding carboxylic acids is 2. The predicted octanol–water partition coefficient (Wildman–Crippen LogP) is 2.56. The number of benzene rings is 1. The number of hydrogen-bond donors (Lipinski definition) is 2. The van der Waals surface area contributed by atoms with Crippen molar-refractivity contribution >= 4 is 19.4 Å². The lowest BCUT2D eigenvalue weighted by Gasteiger charge is -2.52. The molecule has 2 aromatic rings. The molecule has 15 heteroatoms. The monoisotopic (exact) mass is 598 g/mol. The Hall–Kier alpha value is -3.32. The van der Waals surface area contributed by atoms with Crippen LogP contribution >= 0.6 is 7.60 Å². The minimum Gasteiger partial charge on any atom is -0.502 e. The van der Waals surface area contributed by atoms with Gasteiger partial charge in [0.2, 0.25) is 5.43 Å². The lowest BCUT2D eigenvalue weighted by Crippen LogP contribution is -2.70. The first kappa shape index (κ1) is 30.6. The first-order valence-electron chi connectivity index (χ1n) is 13.2. The Kier molecular flexibility index (Phi) is 9.17. The molecule has 1 fully saturated rings. The molecule has 1 aromatic carbocycles. The summed E-state index contributed by atoms with van der Waals surface area (Å²) >= 11 is 0. The Morgan fingerprint density at radius 3 is 2.63 bits per heavy atom. The zero-order chi connectivity index (χ0) is 29.9. The number of rotatable bonds is 11. The number of nitrogens with one attached hydrogen (secondary N) is 1. The number of ether oxygens (including phenoxy) is 1. The van der Waals surface area contributed by atoms with Gasteiger partial charge in [0.25, 0.3) is 11.8 Å². The first-order valence-corrected chi connectivity index (χ1v) is 14.9. The molecular formula is C26H33F2N4O8P. The summed E-state index contributed by atoms with van der Waals surface area (Å²) in [6, 6.07) is 2.84. The number of aromatic hydroxyl groups is 1. The summed E-state index contributed by atoms with van der Waals surface area (Å²) in [5, 5.41) is 14.9. The summed E-state index contributed by atoms with van der Waals surface area (Å²) in [6.45, 7) is 3.83. The predicted molar refractivity (Wildman–Crippen MR) is 144 cm³/mol. The molecule has 41 heavy (non-hydrogen) atoms. The van der Waals surface area contributed by atoms with E-state index in [0.717, 1.165) is 18.3 Å². The van der Waals surface area contributed by atoms with Crippen LogP contribution in [0.3, 0.4) is 0 Å². The summed E-state index contributed by atoms with van der Waals surface area (Å²) in [7, 11) is -2.07. The number of nitrogens with zero attached hydrogens (tertiary/aromatic N) is 3. The molecule has 2 N–H and O–H groups in total. The van der Waals surface area contributed by atoms with Crippen molar-refractivity contribution in [2.24, 2.45) is 0 Å². The maximum absolute atomic E-state index is 14.1. The Morgan fingerprint density at radius 2 is 2.00 bits per heavy atom. The molecule has 0 bridgehead atoms. The van der Waals surface area contributed by atoms with Gasteiger partial charge in [-0.1, -0.05) is 13.0 Å². The van der Waals surface area contributed by atoms with Gasteiger partial charge in [0.15, 0.2) is 17.1 Å². The van der Waals surface area contributed by atoms with E-state index in [-0.39, 0.29) is 44.6 Å². The van der Waals surface area contributed by atoms with Gasteiger partial charge in [0.05, 0.1) is 32.6 Å². The normalized spacial score (nSPS) is 19.9. The van der Waals surface area contributed by atoms with Crippen LogP contribution in [0.5, 0.6) is 5.75 Å². The van der Waals surface area contributed by atoms with Crippen molar-refractivity contribution in [3.8, 4) is 5.75 Å². The molecule has 2 aliphatic heterocycles. The number of amides is 2. The second-order valence-corrected chi connectivity index (χ2v) is 11.9. The summed E-state index contributed by atoms with van der Waals surface area (Å²) in [5.74, 6) is -4.28. The fourth-order valence-electron chi connectivity index (χ4n) is 4.94. The van der Waals surface area contributed by atoms with Crippen molar-refractivity contribution in [1.29, 1.82) is 0 Å². The van der Waals surface area contributed by atoms with Gasteiger partial charge in [-0.2, -0.15) is 0 Å². The van der Waals surface area contributed by atoms with Gasteiger partial charge < -0.3 is 29.1 Å². The minimum atomic E-state index is -3.58. The van der Waals surface area contributed by atoms with Crippen LogP contribution in [0.2, 0.25) is 0 Å². The molecule has 224 valence electrons. The van der Waals surface area contributed by atoms with E-state index < -0.39 is 59.1 Å². The van der Waals surface area contributed by atoms with Crippen LogP contribution in [-0.4, -0.2) is 78.3 Å². The number of pyridine rings is 1. The van der Waals surface area contributed by atoms with Crippen molar-refractivity contribution in [3.63, 3.8) is 0 Å². The van der Waals surface area contributed by atoms with Crippen LogP contribution in [-0.2, 0) is 24.9 Å². The van der Waals surface area contributed by atoms with E-state index in [9.17, 15) is 32.8 Å². The Bertz CT molecular complexity index is 1430. The minimum absolute atomic E-state index is 0.0266. The Labute approximate surface area is 235 Å². The number of hydrogen-bond acceptors (Lipinski definition) is 9. The Balaban J connectivity index is 1.74. The molecular weight excluding hydrogens is 565 g/mol. The quantitative estimate of drug-likeness (QED) is 0.374. The smallest absolute Gasteiger partial charge is 0.332 e. The van der Waals surface area contributed by atoms with Gasteiger partial charge in [-0.05, 0) is 19.4 Å². The van der Waals surface area contributed by atoms with Crippen molar-refractivity contribution in [2.45, 2.75) is 38.9 Å². The molecule has 1 unspecified atom stereocenters. The highest BCUT2D eigenvalue weighted by molar-refractivity contribution is 7.53. The van der Waals surface area contributed by atoms with Crippen LogP contribution in [0.15, 0.2) is 29.2 Å². The van der Waals surface area contributed by atoms with Gasteiger partial charge in [-0.3, -0.25) is 28.6 Å². The van der Waals surface area contributed by atoms with Crippen LogP contribution in [0.25, 0.3) is 0 Å². The van der Waals surface area contributed by atoms with E-state index in [1.54, 1.807) is 11.9 Å². The van der Waals surface area contributed by atoms with Gasteiger partial charge in [0.1, 0.15) is 17.2 Å². The first-order chi connectivity index (χ1) is 19.5. The summed E-state index contributed by atoms with van der Waals surface area (Å²) in [5.41, 5.74) is -3.16. The van der Waals surface area contributed by atoms with Gasteiger partial charge in [0, 0.05) is 44.4 Å². The molecule has 0 aliphatic carbocycles. The van der Waals surface area contributed by atoms with Gasteiger partial charge >= 0.3 is 7.60 Å². The topological polar surface area (TPSA) is 140 Å². The molecule has 0 radical (unpaired) electrons. The molecule has 2 aliphatic rings. The largest absolute Gasteiger partial charge is 0.502 e. The van der Waals surface area contributed by atoms with Crippen molar-refractivity contribution in [2.75, 3.05) is 51.2 Å². The molecule has 1 spiro atoms. The molecule has 12 nitrogen and oxygen atoms in total. The standard InChI is InChI=1S/C26H33F2N4O8P/c1-4-10-40-41(37,39-5-2)12-9-32-26(8-11-38-16-26)30(3)25(36)21-23(34)22(33)19(15-31(21)32)24(35)29-14-17-6-7-18(27)13-20(17)28/h6-7,13,15,34H,4-5,8-12,14,16H2,1-3H3,(H,29,35)/t26-,41?/m1/s1. The lowest BCUT2D eigenvalue weighted by molar-refractivity contribution is 0.0306. The highest BCUT2D eigenvalue weighted by Crippen LogP contribution is 2.48. The lowest BCUT2D eigenvalue weighted by atomic mass is 10.0. The zero-order valence-corrected chi connectivity index (χ0v) is 23.9. The third-order valence-corrected chi connectivity index (χ3v) is 9.09. The van der Waals surface area contributed by atoms with Crippen molar-refractivity contribution in [1.82, 2.24) is 14.9 Å². The number of aromatic nitrogens is 1. The summed E-state index contributed by atoms with van der Waals surface area (Å²) in [6.07, 6.45) is 1.94. The molecule has 2 amide bonds. The van der Waals surface area contributed by atoms with Crippen molar-refractivity contribution < 1.29 is 41.8 Å². The molecule has 0 saturated carbocycles. The van der Waals surface area contributed by atoms with E-state index in [1.807, 2.05) is 6.92 Å². The van der Waals surface area contributed by atoms with E-state index in [0.29, 0.717) is 25.5 Å². The fraction of sp³-hybridized carbons (Fsp3) is 0.500. The van der Waals surface area contributed by atoms with Gasteiger partial charge in [-0.25, -0.2) is 8.78 Å². The van der Waals surface area contributed by atoms with Crippen LogP contribution in [0.1, 0.15) is 53.1 Å². The van der Waals surface area contributed by atoms with E-state index in [4.69, 9.17) is 13.8 Å². The van der Waals surface area contributed by atoms with Crippen LogP contribution in [0, 0.1) is 11.6 Å². The SMILES string of the molecule is CCCOP(=O)(CCN1n2cc(C(=O)NCc3ccc(F)cc3F)c(=O)c(O)c2C(=O)N(C)[C@]12CCOC2)OCC. The van der Waals surface area contributed by atoms with Crippen LogP contribution < -0.4 is 15.8 Å². The average Bonchev–Trinajstić information content (AvgIpc) is 3.42. The molecule has 1 aromatic heterocycles. The highest BCUT2D eigenvalue weighted by atomic mass is 31.2. The third-order valence-electron chi connectivity index (χ3n) is 7.12. The maximum Gasteiger partial charge on any atom is 0.332 e. The van der Waals surface area contributed by atoms with E-state index >= 15 is 0 Å². The van der Waals surface area contributed by atoms with E-state index in [2.05, 4.69) is 5.32 Å². The number of likely N-dealkylation sites (N-methyl/N-ethyl adjacent to an activating group) is 1. The average molecular weight is 599 g/mol. The maximum atomic E-state index is 14.1. The van der Waals surface area contributed by atoms with E-state index in [1.165, 1.54) is 16.6 Å². The molecule has 4 rings (SSSR count).